The van der Waals surface area contributed by atoms with Crippen molar-refractivity contribution in [3.05, 3.63) is 90.4 Å². The number of benzene rings is 2. The Morgan fingerprint density at radius 1 is 1.04 bits per heavy atom. The van der Waals surface area contributed by atoms with Crippen LogP contribution in [0.25, 0.3) is 11.1 Å². The van der Waals surface area contributed by atoms with Crippen LogP contribution in [0.1, 0.15) is 24.0 Å². The lowest BCUT2D eigenvalue weighted by Gasteiger charge is -2.03. The summed E-state index contributed by atoms with van der Waals surface area (Å²) in [6, 6.07) is 19.9. The third-order valence-electron chi connectivity index (χ3n) is 3.70. The van der Waals surface area contributed by atoms with Gasteiger partial charge in [-0.15, -0.1) is 6.58 Å². The Morgan fingerprint density at radius 3 is 2.48 bits per heavy atom. The smallest absolute Gasteiger partial charge is 0.185 e. The largest absolute Gasteiger partial charge is 0.494 e. The zero-order valence-electron chi connectivity index (χ0n) is 14.3. The summed E-state index contributed by atoms with van der Waals surface area (Å²) < 4.78 is 11.4. The molecule has 0 aliphatic carbocycles. The van der Waals surface area contributed by atoms with Crippen LogP contribution in [0.2, 0.25) is 0 Å². The fourth-order valence-corrected chi connectivity index (χ4v) is 2.54. The first kappa shape index (κ1) is 16.7. The Bertz CT molecular complexity index is 891. The van der Waals surface area contributed by atoms with Crippen LogP contribution in [0.3, 0.4) is 0 Å². The van der Waals surface area contributed by atoms with Crippen molar-refractivity contribution in [1.82, 2.24) is 0 Å². The number of ether oxygens (including phenoxy) is 1. The molecule has 25 heavy (non-hydrogen) atoms. The van der Waals surface area contributed by atoms with Gasteiger partial charge in [0.05, 0.1) is 6.61 Å². The third-order valence-corrected chi connectivity index (χ3v) is 3.70. The van der Waals surface area contributed by atoms with Gasteiger partial charge in [-0.1, -0.05) is 42.3 Å². The summed E-state index contributed by atoms with van der Waals surface area (Å²) in [7, 11) is 0. The van der Waals surface area contributed by atoms with E-state index < -0.39 is 0 Å². The van der Waals surface area contributed by atoms with Gasteiger partial charge in [0.15, 0.2) is 5.76 Å². The lowest BCUT2D eigenvalue weighted by Crippen LogP contribution is -1.90. The Morgan fingerprint density at radius 2 is 1.80 bits per heavy atom. The molecule has 0 fully saturated rings. The average molecular weight is 328 g/mol. The normalized spacial score (nSPS) is 9.96. The van der Waals surface area contributed by atoms with E-state index in [2.05, 4.69) is 18.4 Å². The topological polar surface area (TPSA) is 22.4 Å². The number of hydrogen-bond acceptors (Lipinski definition) is 2. The van der Waals surface area contributed by atoms with Crippen LogP contribution in [0.4, 0.5) is 0 Å². The fraction of sp³-hybridized carbons (Fsp3) is 0.130. The van der Waals surface area contributed by atoms with Crippen LogP contribution < -0.4 is 4.74 Å². The highest BCUT2D eigenvalue weighted by Gasteiger charge is 2.11. The Hall–Kier alpha value is -3.18. The number of furan rings is 1. The Balaban J connectivity index is 1.97. The van der Waals surface area contributed by atoms with Crippen LogP contribution in [0.5, 0.6) is 5.75 Å². The average Bonchev–Trinajstić information content (AvgIpc) is 3.05. The number of rotatable bonds is 5. The molecule has 124 valence electrons. The van der Waals surface area contributed by atoms with Crippen LogP contribution >= 0.6 is 0 Å². The molecule has 3 rings (SSSR count). The van der Waals surface area contributed by atoms with Gasteiger partial charge < -0.3 is 9.15 Å². The van der Waals surface area contributed by atoms with Gasteiger partial charge in [-0.2, -0.15) is 0 Å². The first-order valence-corrected chi connectivity index (χ1v) is 8.34. The second-order valence-corrected chi connectivity index (χ2v) is 5.52. The molecule has 0 saturated heterocycles. The van der Waals surface area contributed by atoms with Crippen molar-refractivity contribution in [2.75, 3.05) is 6.61 Å². The molecule has 2 heteroatoms. The molecule has 0 atom stereocenters. The quantitative estimate of drug-likeness (QED) is 0.457. The maximum atomic E-state index is 5.93. The van der Waals surface area contributed by atoms with Crippen molar-refractivity contribution in [1.29, 1.82) is 0 Å². The molecule has 0 unspecified atom stereocenters. The zero-order valence-corrected chi connectivity index (χ0v) is 14.3. The SMILES string of the molecule is C=CCc1cc(-c2ccc(OCC)cc2)c(C#Cc2ccccc2)o1. The molecule has 1 aromatic heterocycles. The van der Waals surface area contributed by atoms with Crippen molar-refractivity contribution in [3.63, 3.8) is 0 Å². The summed E-state index contributed by atoms with van der Waals surface area (Å²) >= 11 is 0. The van der Waals surface area contributed by atoms with Gasteiger partial charge in [-0.25, -0.2) is 0 Å². The minimum Gasteiger partial charge on any atom is -0.494 e. The van der Waals surface area contributed by atoms with Gasteiger partial charge in [0.25, 0.3) is 0 Å². The summed E-state index contributed by atoms with van der Waals surface area (Å²) in [5.41, 5.74) is 3.00. The molecule has 0 radical (unpaired) electrons. The van der Waals surface area contributed by atoms with E-state index in [9.17, 15) is 0 Å². The minimum atomic E-state index is 0.655. The monoisotopic (exact) mass is 328 g/mol. The van der Waals surface area contributed by atoms with E-state index in [1.807, 2.05) is 73.7 Å². The summed E-state index contributed by atoms with van der Waals surface area (Å²) in [5.74, 6) is 8.72. The van der Waals surface area contributed by atoms with Crippen LogP contribution in [0, 0.1) is 11.8 Å². The minimum absolute atomic E-state index is 0.655. The van der Waals surface area contributed by atoms with Gasteiger partial charge >= 0.3 is 0 Å². The van der Waals surface area contributed by atoms with E-state index in [4.69, 9.17) is 9.15 Å². The van der Waals surface area contributed by atoms with E-state index in [-0.39, 0.29) is 0 Å². The molecule has 0 saturated carbocycles. The van der Waals surface area contributed by atoms with Crippen LogP contribution in [-0.4, -0.2) is 6.61 Å². The molecule has 0 aliphatic rings. The predicted molar refractivity (Wildman–Crippen MR) is 102 cm³/mol. The molecule has 1 heterocycles. The standard InChI is InChI=1S/C23H20O2/c1-3-8-21-17-22(19-12-14-20(15-13-19)24-4-2)23(25-21)16-11-18-9-6-5-7-10-18/h3,5-7,9-10,12-15,17H,1,4,8H2,2H3. The molecule has 0 bridgehead atoms. The number of hydrogen-bond donors (Lipinski definition) is 0. The van der Waals surface area contributed by atoms with E-state index in [0.717, 1.165) is 28.2 Å². The lowest BCUT2D eigenvalue weighted by atomic mass is 10.1. The summed E-state index contributed by atoms with van der Waals surface area (Å²) in [4.78, 5) is 0. The lowest BCUT2D eigenvalue weighted by molar-refractivity contribution is 0.340. The highest BCUT2D eigenvalue weighted by Crippen LogP contribution is 2.29. The molecule has 0 N–H and O–H groups in total. The maximum Gasteiger partial charge on any atom is 0.185 e. The molecule has 0 amide bonds. The van der Waals surface area contributed by atoms with Gasteiger partial charge in [-0.05, 0) is 48.7 Å². The van der Waals surface area contributed by atoms with Gasteiger partial charge in [-0.3, -0.25) is 0 Å². The van der Waals surface area contributed by atoms with E-state index in [1.165, 1.54) is 0 Å². The van der Waals surface area contributed by atoms with Crippen molar-refractivity contribution in [2.24, 2.45) is 0 Å². The van der Waals surface area contributed by atoms with Crippen LogP contribution in [-0.2, 0) is 6.42 Å². The van der Waals surface area contributed by atoms with Gasteiger partial charge in [0.2, 0.25) is 0 Å². The first-order chi connectivity index (χ1) is 12.3. The summed E-state index contributed by atoms with van der Waals surface area (Å²) in [6.45, 7) is 6.41. The van der Waals surface area contributed by atoms with E-state index >= 15 is 0 Å². The highest BCUT2D eigenvalue weighted by molar-refractivity contribution is 5.70. The van der Waals surface area contributed by atoms with Crippen molar-refractivity contribution < 1.29 is 9.15 Å². The molecule has 2 aromatic carbocycles. The molecule has 3 aromatic rings. The van der Waals surface area contributed by atoms with Gasteiger partial charge in [0, 0.05) is 17.5 Å². The summed E-state index contributed by atoms with van der Waals surface area (Å²) in [6.07, 6.45) is 2.51. The predicted octanol–water partition coefficient (Wildman–Crippen LogP) is 5.47. The molecular weight excluding hydrogens is 308 g/mol. The Kier molecular flexibility index (Phi) is 5.39. The molecule has 0 spiro atoms. The second-order valence-electron chi connectivity index (χ2n) is 5.52. The van der Waals surface area contributed by atoms with Gasteiger partial charge in [0.1, 0.15) is 11.5 Å². The molecule has 2 nitrogen and oxygen atoms in total. The number of allylic oxidation sites excluding steroid dienone is 1. The summed E-state index contributed by atoms with van der Waals surface area (Å²) in [5, 5.41) is 0. The van der Waals surface area contributed by atoms with Crippen molar-refractivity contribution in [3.8, 4) is 28.7 Å². The zero-order chi connectivity index (χ0) is 17.5. The maximum absolute atomic E-state index is 5.93. The van der Waals surface area contributed by atoms with Crippen LogP contribution in [0.15, 0.2) is 77.7 Å². The Labute approximate surface area is 148 Å². The van der Waals surface area contributed by atoms with E-state index in [0.29, 0.717) is 18.8 Å². The van der Waals surface area contributed by atoms with E-state index in [1.54, 1.807) is 0 Å². The van der Waals surface area contributed by atoms with Crippen molar-refractivity contribution in [2.45, 2.75) is 13.3 Å². The first-order valence-electron chi connectivity index (χ1n) is 8.34. The van der Waals surface area contributed by atoms with Crippen molar-refractivity contribution >= 4 is 0 Å². The fourth-order valence-electron chi connectivity index (χ4n) is 2.54. The third kappa shape index (κ3) is 4.22. The molecule has 0 aliphatic heterocycles. The molecular formula is C23H20O2. The highest BCUT2D eigenvalue weighted by atomic mass is 16.5. The second kappa shape index (κ2) is 8.08.